The molecule has 1 aromatic rings. The summed E-state index contributed by atoms with van der Waals surface area (Å²) >= 11 is 0.00722. The topological polar surface area (TPSA) is 12.9 Å². The summed E-state index contributed by atoms with van der Waals surface area (Å²) in [4.78, 5) is 3.71. The van der Waals surface area contributed by atoms with E-state index in [0.717, 1.165) is 0 Å². The van der Waals surface area contributed by atoms with Gasteiger partial charge in [0.15, 0.2) is 0 Å². The van der Waals surface area contributed by atoms with Crippen molar-refractivity contribution < 1.29 is 0 Å². The third-order valence-corrected chi connectivity index (χ3v) is 1.65. The zero-order chi connectivity index (χ0) is 3.54. The molecule has 1 radical (unpaired) electrons. The van der Waals surface area contributed by atoms with Crippen molar-refractivity contribution in [1.82, 2.24) is 4.98 Å². The summed E-state index contributed by atoms with van der Waals surface area (Å²) in [5, 5.41) is 0. The molecule has 0 aromatic carbocycles. The molecule has 0 atom stereocenters. The van der Waals surface area contributed by atoms with Crippen LogP contribution in [-0.2, 0) is 0 Å². The minimum atomic E-state index is 0.00722. The Morgan fingerprint density at radius 2 is 2.80 bits per heavy atom. The number of rotatable bonds is 0. The summed E-state index contributed by atoms with van der Waals surface area (Å²) in [7, 11) is 0. The Bertz CT molecular complexity index is 63.4. The van der Waals surface area contributed by atoms with Crippen LogP contribution in [0.3, 0.4) is 0 Å². The first-order valence-corrected chi connectivity index (χ1v) is 3.77. The molecule has 0 bridgehead atoms. The van der Waals surface area contributed by atoms with Gasteiger partial charge in [-0.1, -0.05) is 0 Å². The summed E-state index contributed by atoms with van der Waals surface area (Å²) in [5.41, 5.74) is 0. The minimum absolute atomic E-state index is 0.00722. The van der Waals surface area contributed by atoms with E-state index in [1.54, 1.807) is 0 Å². The van der Waals surface area contributed by atoms with Crippen LogP contribution in [0.25, 0.3) is 0 Å². The Labute approximate surface area is 40.3 Å². The van der Waals surface area contributed by atoms with Crippen LogP contribution in [0.15, 0.2) is 10.3 Å². The van der Waals surface area contributed by atoms with Gasteiger partial charge in [0.1, 0.15) is 0 Å². The molecule has 1 rings (SSSR count). The van der Waals surface area contributed by atoms with Crippen LogP contribution in [0.4, 0.5) is 0 Å². The molecule has 5 heavy (non-hydrogen) atoms. The van der Waals surface area contributed by atoms with Crippen molar-refractivity contribution in [2.75, 3.05) is 0 Å². The second-order valence-electron chi connectivity index (χ2n) is 0.623. The SMILES string of the molecule is [c]1ncc[te]1. The van der Waals surface area contributed by atoms with Crippen LogP contribution in [0.2, 0.25) is 0 Å². The van der Waals surface area contributed by atoms with E-state index in [1.807, 2.05) is 6.20 Å². The second kappa shape index (κ2) is 1.59. The van der Waals surface area contributed by atoms with Crippen LogP contribution in [0.5, 0.6) is 0 Å². The molecular weight excluding hydrogens is 178 g/mol. The van der Waals surface area contributed by atoms with Gasteiger partial charge in [-0.05, 0) is 0 Å². The quantitative estimate of drug-likeness (QED) is 0.509. The standard InChI is InChI=1S/C3H2NTe/c1-2-5-3-4-1/h1-2H. The Balaban J connectivity index is 3.13. The van der Waals surface area contributed by atoms with Gasteiger partial charge < -0.3 is 0 Å². The van der Waals surface area contributed by atoms with Gasteiger partial charge in [0.05, 0.1) is 0 Å². The van der Waals surface area contributed by atoms with Crippen LogP contribution >= 0.6 is 0 Å². The van der Waals surface area contributed by atoms with E-state index in [0.29, 0.717) is 0 Å². The summed E-state index contributed by atoms with van der Waals surface area (Å²) < 4.78 is 4.95. The molecule has 1 nitrogen and oxygen atoms in total. The molecule has 0 unspecified atom stereocenters. The number of hydrogen-bond donors (Lipinski definition) is 0. The normalized spacial score (nSPS) is 8.00. The van der Waals surface area contributed by atoms with Gasteiger partial charge in [-0.15, -0.1) is 0 Å². The van der Waals surface area contributed by atoms with Crippen molar-refractivity contribution >= 4 is 20.4 Å². The average Bonchev–Trinajstić information content (AvgIpc) is 1.76. The second-order valence-corrected chi connectivity index (χ2v) is 2.59. The maximum atomic E-state index is 3.71. The Morgan fingerprint density at radius 3 is 3.00 bits per heavy atom. The molecule has 1 heterocycles. The molecule has 2 heteroatoms. The molecule has 0 saturated carbocycles. The van der Waals surface area contributed by atoms with Crippen molar-refractivity contribution in [2.45, 2.75) is 0 Å². The first-order chi connectivity index (χ1) is 2.50. The van der Waals surface area contributed by atoms with Gasteiger partial charge >= 0.3 is 39.9 Å². The number of aromatic nitrogens is 1. The summed E-state index contributed by atoms with van der Waals surface area (Å²) in [6.07, 6.45) is 1.81. The molecule has 0 aliphatic rings. The predicted molar refractivity (Wildman–Crippen MR) is 20.0 cm³/mol. The maximum absolute atomic E-state index is 3.71. The molecule has 25 valence electrons. The van der Waals surface area contributed by atoms with E-state index in [4.69, 9.17) is 0 Å². The van der Waals surface area contributed by atoms with Crippen molar-refractivity contribution in [1.29, 1.82) is 0 Å². The van der Waals surface area contributed by atoms with Gasteiger partial charge in [-0.2, -0.15) is 0 Å². The molecule has 0 saturated heterocycles. The van der Waals surface area contributed by atoms with Gasteiger partial charge in [0, 0.05) is 0 Å². The van der Waals surface area contributed by atoms with Crippen molar-refractivity contribution in [3.8, 4) is 0 Å². The van der Waals surface area contributed by atoms with Crippen molar-refractivity contribution in [3.05, 3.63) is 14.5 Å². The average molecular weight is 180 g/mol. The third kappa shape index (κ3) is 0.752. The first-order valence-electron chi connectivity index (χ1n) is 1.25. The molecule has 0 amide bonds. The van der Waals surface area contributed by atoms with Crippen molar-refractivity contribution in [2.24, 2.45) is 0 Å². The molecule has 1 aromatic heterocycles. The monoisotopic (exact) mass is 182 g/mol. The fourth-order valence-corrected chi connectivity index (χ4v) is 1.02. The number of hydrogen-bond acceptors (Lipinski definition) is 1. The molecule has 0 fully saturated rings. The number of nitrogens with zero attached hydrogens (tertiary/aromatic N) is 1. The van der Waals surface area contributed by atoms with Crippen LogP contribution in [-0.4, -0.2) is 25.4 Å². The fourth-order valence-electron chi connectivity index (χ4n) is 0.152. The van der Waals surface area contributed by atoms with Gasteiger partial charge in [0.25, 0.3) is 0 Å². The van der Waals surface area contributed by atoms with Crippen LogP contribution in [0, 0.1) is 4.21 Å². The zero-order valence-corrected chi connectivity index (χ0v) is 4.84. The van der Waals surface area contributed by atoms with Gasteiger partial charge in [-0.25, -0.2) is 0 Å². The Kier molecular flexibility index (Phi) is 1.08. The fraction of sp³-hybridized carbons (Fsp3) is 0. The van der Waals surface area contributed by atoms with E-state index in [9.17, 15) is 0 Å². The third-order valence-electron chi connectivity index (χ3n) is 0.309. The van der Waals surface area contributed by atoms with Gasteiger partial charge in [0.2, 0.25) is 0 Å². The Hall–Kier alpha value is 0.200. The van der Waals surface area contributed by atoms with E-state index in [1.165, 1.54) is 0 Å². The first kappa shape index (κ1) is 3.39. The van der Waals surface area contributed by atoms with Crippen molar-refractivity contribution in [3.63, 3.8) is 0 Å². The molecule has 0 aliphatic carbocycles. The molecule has 0 spiro atoms. The molecule has 0 N–H and O–H groups in total. The zero-order valence-electron chi connectivity index (χ0n) is 2.51. The molecular formula is C3H2NTe. The summed E-state index contributed by atoms with van der Waals surface area (Å²) in [5.74, 6) is 0. The summed E-state index contributed by atoms with van der Waals surface area (Å²) in [6.45, 7) is 0. The van der Waals surface area contributed by atoms with Gasteiger partial charge in [-0.3, -0.25) is 0 Å². The van der Waals surface area contributed by atoms with E-state index < -0.39 is 0 Å². The van der Waals surface area contributed by atoms with E-state index in [-0.39, 0.29) is 20.4 Å². The van der Waals surface area contributed by atoms with E-state index >= 15 is 0 Å². The molecule has 0 aliphatic heterocycles. The van der Waals surface area contributed by atoms with Crippen LogP contribution < -0.4 is 0 Å². The summed E-state index contributed by atoms with van der Waals surface area (Å²) in [6, 6.07) is 0. The Morgan fingerprint density at radius 1 is 1.80 bits per heavy atom. The predicted octanol–water partition coefficient (Wildman–Crippen LogP) is -0.0612. The van der Waals surface area contributed by atoms with Crippen LogP contribution in [0.1, 0.15) is 0 Å². The van der Waals surface area contributed by atoms with E-state index in [2.05, 4.69) is 13.3 Å².